The second kappa shape index (κ2) is 14.2. The number of aryl methyl sites for hydroxylation is 3. The molecule has 0 radical (unpaired) electrons. The van der Waals surface area contributed by atoms with Gasteiger partial charge in [0.2, 0.25) is 0 Å². The van der Waals surface area contributed by atoms with Crippen LogP contribution in [0.15, 0.2) is 60.7 Å². The second-order valence-electron chi connectivity index (χ2n) is 12.3. The Hall–Kier alpha value is -3.69. The average molecular weight is 627 g/mol. The summed E-state index contributed by atoms with van der Waals surface area (Å²) in [7, 11) is 0. The fourth-order valence-corrected chi connectivity index (χ4v) is 6.58. The van der Waals surface area contributed by atoms with Crippen LogP contribution >= 0.6 is 11.6 Å². The number of benzene rings is 3. The quantitative estimate of drug-likeness (QED) is 0.166. The molecule has 2 aliphatic rings. The first-order valence-corrected chi connectivity index (χ1v) is 16.4. The number of hydrogen-bond acceptors (Lipinski definition) is 6. The first kappa shape index (κ1) is 31.3. The molecule has 1 saturated heterocycles. The summed E-state index contributed by atoms with van der Waals surface area (Å²) in [4.78, 5) is 15.4. The summed E-state index contributed by atoms with van der Waals surface area (Å²) in [5, 5.41) is 25.5. The third kappa shape index (κ3) is 7.42. The lowest BCUT2D eigenvalue weighted by atomic mass is 9.97. The van der Waals surface area contributed by atoms with Gasteiger partial charge in [0, 0.05) is 97.4 Å². The van der Waals surface area contributed by atoms with E-state index in [0.717, 1.165) is 86.6 Å². The number of β-amino-alcohol motifs (C(OH)–C–C–N with tert-alkyl or cyclic N) is 1. The molecule has 1 fully saturated rings. The van der Waals surface area contributed by atoms with E-state index in [-0.39, 0.29) is 12.0 Å². The standard InChI is InChI=1S/C36H43ClN6O2/c1-24-7-9-29(19-25(24)2)39-14-15-40-36(45)28-6-3-5-26(20-28)31-21-27(8-10-33(31)37)35-32-22-38-13-11-34(32)43(41-35)17-4-16-42-18-12-30(44)23-42/h3,5-10,19-21,30,38-39,44H,4,11-18,22-23H2,1-2H3,(H,40,45). The molecular weight excluding hydrogens is 584 g/mol. The molecule has 1 aromatic heterocycles. The van der Waals surface area contributed by atoms with Gasteiger partial charge >= 0.3 is 0 Å². The van der Waals surface area contributed by atoms with Crippen molar-refractivity contribution in [3.8, 4) is 22.4 Å². The minimum atomic E-state index is -0.189. The summed E-state index contributed by atoms with van der Waals surface area (Å²) in [6, 6.07) is 20.0. The third-order valence-corrected chi connectivity index (χ3v) is 9.35. The fourth-order valence-electron chi connectivity index (χ4n) is 6.35. The first-order valence-electron chi connectivity index (χ1n) is 16.0. The largest absolute Gasteiger partial charge is 0.392 e. The number of anilines is 1. The molecule has 0 bridgehead atoms. The minimum absolute atomic E-state index is 0.117. The number of halogens is 1. The minimum Gasteiger partial charge on any atom is -0.392 e. The molecule has 0 spiro atoms. The van der Waals surface area contributed by atoms with Gasteiger partial charge in [-0.3, -0.25) is 9.48 Å². The Morgan fingerprint density at radius 2 is 1.93 bits per heavy atom. The molecule has 0 saturated carbocycles. The zero-order valence-corrected chi connectivity index (χ0v) is 27.0. The van der Waals surface area contributed by atoms with E-state index in [2.05, 4.69) is 63.6 Å². The summed E-state index contributed by atoms with van der Waals surface area (Å²) < 4.78 is 2.19. The summed E-state index contributed by atoms with van der Waals surface area (Å²) in [5.41, 5.74) is 10.5. The van der Waals surface area contributed by atoms with Gasteiger partial charge in [0.05, 0.1) is 11.8 Å². The molecule has 45 heavy (non-hydrogen) atoms. The summed E-state index contributed by atoms with van der Waals surface area (Å²) in [5.74, 6) is -0.117. The zero-order chi connectivity index (χ0) is 31.3. The van der Waals surface area contributed by atoms with Gasteiger partial charge in [0.1, 0.15) is 0 Å². The number of rotatable bonds is 11. The van der Waals surface area contributed by atoms with E-state index in [1.807, 2.05) is 36.4 Å². The molecule has 1 amide bonds. The molecule has 236 valence electrons. The predicted octanol–water partition coefficient (Wildman–Crippen LogP) is 5.43. The van der Waals surface area contributed by atoms with Crippen molar-refractivity contribution < 1.29 is 9.90 Å². The van der Waals surface area contributed by atoms with Crippen molar-refractivity contribution >= 4 is 23.2 Å². The van der Waals surface area contributed by atoms with E-state index in [9.17, 15) is 9.90 Å². The van der Waals surface area contributed by atoms with Crippen LogP contribution in [0.4, 0.5) is 5.69 Å². The van der Waals surface area contributed by atoms with Crippen molar-refractivity contribution in [2.24, 2.45) is 0 Å². The van der Waals surface area contributed by atoms with Crippen molar-refractivity contribution in [1.82, 2.24) is 25.3 Å². The number of fused-ring (bicyclic) bond motifs is 1. The highest BCUT2D eigenvalue weighted by Gasteiger charge is 2.23. The van der Waals surface area contributed by atoms with Crippen LogP contribution in [0, 0.1) is 13.8 Å². The van der Waals surface area contributed by atoms with E-state index < -0.39 is 0 Å². The monoisotopic (exact) mass is 626 g/mol. The van der Waals surface area contributed by atoms with Crippen LogP contribution in [0.3, 0.4) is 0 Å². The molecule has 4 N–H and O–H groups in total. The normalized spacial score (nSPS) is 16.5. The van der Waals surface area contributed by atoms with Gasteiger partial charge in [-0.25, -0.2) is 0 Å². The highest BCUT2D eigenvalue weighted by Crippen LogP contribution is 2.35. The molecule has 6 rings (SSSR count). The van der Waals surface area contributed by atoms with Crippen LogP contribution in [0.1, 0.15) is 45.6 Å². The van der Waals surface area contributed by atoms with Crippen LogP contribution in [0.2, 0.25) is 5.02 Å². The van der Waals surface area contributed by atoms with Gasteiger partial charge < -0.3 is 26.0 Å². The number of nitrogens with zero attached hydrogens (tertiary/aromatic N) is 3. The Bertz CT molecular complexity index is 1670. The number of aromatic nitrogens is 2. The molecule has 2 aliphatic heterocycles. The Morgan fingerprint density at radius 1 is 1.04 bits per heavy atom. The topological polar surface area (TPSA) is 94.5 Å². The van der Waals surface area contributed by atoms with Gasteiger partial charge in [-0.15, -0.1) is 0 Å². The van der Waals surface area contributed by atoms with Crippen molar-refractivity contribution in [3.63, 3.8) is 0 Å². The van der Waals surface area contributed by atoms with E-state index in [1.165, 1.54) is 22.4 Å². The Labute approximate surface area is 270 Å². The molecule has 3 aromatic carbocycles. The van der Waals surface area contributed by atoms with Crippen molar-refractivity contribution in [2.75, 3.05) is 44.6 Å². The van der Waals surface area contributed by atoms with Gasteiger partial charge in [-0.2, -0.15) is 5.10 Å². The number of amides is 1. The van der Waals surface area contributed by atoms with Gasteiger partial charge in [0.15, 0.2) is 0 Å². The molecule has 1 unspecified atom stereocenters. The van der Waals surface area contributed by atoms with Gasteiger partial charge in [-0.05, 0) is 79.8 Å². The lowest BCUT2D eigenvalue weighted by Gasteiger charge is -2.17. The maximum Gasteiger partial charge on any atom is 0.251 e. The second-order valence-corrected chi connectivity index (χ2v) is 12.7. The summed E-state index contributed by atoms with van der Waals surface area (Å²) >= 11 is 6.75. The number of likely N-dealkylation sites (tertiary alicyclic amines) is 1. The van der Waals surface area contributed by atoms with Crippen LogP contribution in [-0.4, -0.2) is 71.1 Å². The Morgan fingerprint density at radius 3 is 2.76 bits per heavy atom. The average Bonchev–Trinajstić information content (AvgIpc) is 3.64. The van der Waals surface area contributed by atoms with E-state index in [1.54, 1.807) is 0 Å². The molecule has 9 heteroatoms. The molecule has 4 aromatic rings. The lowest BCUT2D eigenvalue weighted by Crippen LogP contribution is -2.28. The lowest BCUT2D eigenvalue weighted by molar-refractivity contribution is 0.0955. The predicted molar refractivity (Wildman–Crippen MR) is 182 cm³/mol. The molecule has 8 nitrogen and oxygen atoms in total. The molecule has 3 heterocycles. The summed E-state index contributed by atoms with van der Waals surface area (Å²) in [6.45, 7) is 10.6. The van der Waals surface area contributed by atoms with Crippen molar-refractivity contribution in [3.05, 3.63) is 93.6 Å². The number of carbonyl (C=O) groups is 1. The number of aliphatic hydroxyl groups is 1. The maximum absolute atomic E-state index is 13.1. The molecule has 1 atom stereocenters. The molecule has 0 aliphatic carbocycles. The van der Waals surface area contributed by atoms with Gasteiger partial charge in [-0.1, -0.05) is 35.9 Å². The van der Waals surface area contributed by atoms with Crippen LogP contribution < -0.4 is 16.0 Å². The highest BCUT2D eigenvalue weighted by atomic mass is 35.5. The van der Waals surface area contributed by atoms with E-state index in [0.29, 0.717) is 23.7 Å². The van der Waals surface area contributed by atoms with Crippen LogP contribution in [0.25, 0.3) is 22.4 Å². The van der Waals surface area contributed by atoms with E-state index in [4.69, 9.17) is 16.7 Å². The highest BCUT2D eigenvalue weighted by molar-refractivity contribution is 6.33. The SMILES string of the molecule is Cc1ccc(NCCNC(=O)c2cccc(-c3cc(-c4nn(CCCN5CCC(O)C5)c5c4CNCC5)ccc3Cl)c2)cc1C. The molecular formula is C36H43ClN6O2. The third-order valence-electron chi connectivity index (χ3n) is 9.02. The Balaban J connectivity index is 1.15. The van der Waals surface area contributed by atoms with Crippen LogP contribution in [-0.2, 0) is 19.5 Å². The summed E-state index contributed by atoms with van der Waals surface area (Å²) in [6.07, 6.45) is 2.62. The number of carbonyl (C=O) groups excluding carboxylic acids is 1. The van der Waals surface area contributed by atoms with Gasteiger partial charge in [0.25, 0.3) is 5.91 Å². The van der Waals surface area contributed by atoms with Crippen molar-refractivity contribution in [1.29, 1.82) is 0 Å². The first-order chi connectivity index (χ1) is 21.9. The fraction of sp³-hybridized carbons (Fsp3) is 0.389. The zero-order valence-electron chi connectivity index (χ0n) is 26.2. The number of aliphatic hydroxyl groups excluding tert-OH is 1. The van der Waals surface area contributed by atoms with Crippen molar-refractivity contribution in [2.45, 2.75) is 52.3 Å². The van der Waals surface area contributed by atoms with Crippen LogP contribution in [0.5, 0.6) is 0 Å². The Kier molecular flexibility index (Phi) is 9.85. The number of nitrogens with one attached hydrogen (secondary N) is 3. The van der Waals surface area contributed by atoms with E-state index >= 15 is 0 Å². The number of hydrogen-bond donors (Lipinski definition) is 4. The maximum atomic E-state index is 13.1. The smallest absolute Gasteiger partial charge is 0.251 e.